The van der Waals surface area contributed by atoms with Gasteiger partial charge in [-0.2, -0.15) is 0 Å². The van der Waals surface area contributed by atoms with Gasteiger partial charge in [0.05, 0.1) is 0 Å². The van der Waals surface area contributed by atoms with E-state index in [0.29, 0.717) is 6.54 Å². The van der Waals surface area contributed by atoms with Crippen LogP contribution in [0.3, 0.4) is 0 Å². The zero-order valence-electron chi connectivity index (χ0n) is 8.77. The fraction of sp³-hybridized carbons (Fsp3) is 0.154. The lowest BCUT2D eigenvalue weighted by Crippen LogP contribution is -2.23. The van der Waals surface area contributed by atoms with Crippen molar-refractivity contribution in [3.63, 3.8) is 0 Å². The number of hydrogen-bond acceptors (Lipinski definition) is 2. The summed E-state index contributed by atoms with van der Waals surface area (Å²) in [7, 11) is 0. The Balaban J connectivity index is 2.02. The second-order valence-corrected chi connectivity index (χ2v) is 4.42. The van der Waals surface area contributed by atoms with E-state index in [4.69, 9.17) is 0 Å². The van der Waals surface area contributed by atoms with E-state index >= 15 is 0 Å². The molecule has 0 spiro atoms. The van der Waals surface area contributed by atoms with Gasteiger partial charge in [0.15, 0.2) is 0 Å². The van der Waals surface area contributed by atoms with E-state index in [1.165, 1.54) is 5.56 Å². The highest BCUT2D eigenvalue weighted by atomic mass is 79.9. The van der Waals surface area contributed by atoms with Crippen molar-refractivity contribution in [1.29, 1.82) is 0 Å². The van der Waals surface area contributed by atoms with Gasteiger partial charge in [-0.1, -0.05) is 36.4 Å². The van der Waals surface area contributed by atoms with Crippen LogP contribution in [0.5, 0.6) is 0 Å². The zero-order valence-corrected chi connectivity index (χ0v) is 10.4. The van der Waals surface area contributed by atoms with Gasteiger partial charge in [0.25, 0.3) is 0 Å². The molecule has 0 fully saturated rings. The lowest BCUT2D eigenvalue weighted by molar-refractivity contribution is -0.107. The second kappa shape index (κ2) is 5.12. The molecule has 1 aromatic carbocycles. The van der Waals surface area contributed by atoms with Crippen LogP contribution in [-0.4, -0.2) is 16.1 Å². The molecule has 16 heavy (non-hydrogen) atoms. The van der Waals surface area contributed by atoms with Crippen molar-refractivity contribution < 1.29 is 4.79 Å². The summed E-state index contributed by atoms with van der Waals surface area (Å²) in [5.41, 5.74) is 2.04. The maximum atomic E-state index is 11.2. The van der Waals surface area contributed by atoms with Crippen molar-refractivity contribution in [2.75, 3.05) is 6.54 Å². The van der Waals surface area contributed by atoms with Gasteiger partial charge in [0.1, 0.15) is 0 Å². The largest absolute Gasteiger partial charge is 0.369 e. The molecule has 0 aromatic heterocycles. The monoisotopic (exact) mass is 277 g/mol. The van der Waals surface area contributed by atoms with Crippen molar-refractivity contribution in [2.45, 2.75) is 6.54 Å². The fourth-order valence-electron chi connectivity index (χ4n) is 1.66. The first-order valence-electron chi connectivity index (χ1n) is 5.11. The maximum Gasteiger partial charge on any atom is 0.225 e. The number of hydrogen-bond donors (Lipinski definition) is 0. The summed E-state index contributed by atoms with van der Waals surface area (Å²) in [6, 6.07) is 10.2. The van der Waals surface area contributed by atoms with Crippen LogP contribution in [-0.2, 0) is 11.3 Å². The molecule has 3 heteroatoms. The molecule has 1 aromatic rings. The molecule has 1 heterocycles. The van der Waals surface area contributed by atoms with E-state index in [1.807, 2.05) is 36.6 Å². The predicted octanol–water partition coefficient (Wildman–Crippen LogP) is 2.86. The van der Waals surface area contributed by atoms with Crippen LogP contribution < -0.4 is 0 Å². The van der Waals surface area contributed by atoms with Crippen molar-refractivity contribution in [3.05, 3.63) is 59.8 Å². The highest BCUT2D eigenvalue weighted by molar-refractivity contribution is 9.18. The lowest BCUT2D eigenvalue weighted by Gasteiger charge is -2.23. The predicted molar refractivity (Wildman–Crippen MR) is 68.0 cm³/mol. The van der Waals surface area contributed by atoms with Gasteiger partial charge >= 0.3 is 0 Å². The molecule has 2 nitrogen and oxygen atoms in total. The summed E-state index contributed by atoms with van der Waals surface area (Å²) < 4.78 is -0.0325. The maximum absolute atomic E-state index is 11.2. The van der Waals surface area contributed by atoms with Crippen LogP contribution in [0.2, 0.25) is 0 Å². The third-order valence-corrected chi connectivity index (χ3v) is 2.96. The molecule has 0 N–H and O–H groups in total. The normalized spacial score (nSPS) is 14.8. The van der Waals surface area contributed by atoms with E-state index in [0.717, 1.165) is 12.1 Å². The Morgan fingerprint density at radius 1 is 1.31 bits per heavy atom. The number of allylic oxidation sites excluding steroid dienone is 2. The minimum Gasteiger partial charge on any atom is -0.369 e. The molecule has 1 aliphatic rings. The van der Waals surface area contributed by atoms with Gasteiger partial charge in [-0.25, -0.2) is 0 Å². The Morgan fingerprint density at radius 3 is 2.75 bits per heavy atom. The summed E-state index contributed by atoms with van der Waals surface area (Å²) >= 11 is 2.98. The summed E-state index contributed by atoms with van der Waals surface area (Å²) in [6.45, 7) is 1.49. The molecule has 0 bridgehead atoms. The first-order chi connectivity index (χ1) is 7.75. The summed E-state index contributed by atoms with van der Waals surface area (Å²) in [5, 5.41) is 0. The van der Waals surface area contributed by atoms with Gasteiger partial charge < -0.3 is 4.90 Å². The smallest absolute Gasteiger partial charge is 0.225 e. The number of nitrogens with zero attached hydrogens (tertiary/aromatic N) is 1. The third-order valence-electron chi connectivity index (χ3n) is 2.45. The Hall–Kier alpha value is -1.35. The molecule has 0 unspecified atom stereocenters. The quantitative estimate of drug-likeness (QED) is 0.792. The zero-order chi connectivity index (χ0) is 11.4. The van der Waals surface area contributed by atoms with Crippen LogP contribution in [0.4, 0.5) is 0 Å². The number of carbonyl (C=O) groups excluding carboxylic acids is 1. The van der Waals surface area contributed by atoms with Gasteiger partial charge in [0, 0.05) is 18.7 Å². The molecule has 0 amide bonds. The first-order valence-corrected chi connectivity index (χ1v) is 5.90. The molecular formula is C13H12BrNO. The van der Waals surface area contributed by atoms with E-state index in [-0.39, 0.29) is 4.69 Å². The Bertz CT molecular complexity index is 437. The number of carbonyl (C=O) groups is 1. The Labute approximate surface area is 103 Å². The molecule has 2 rings (SSSR count). The SMILES string of the molecule is O=C(Br)C1=CC=CN(Cc2ccccc2)C1. The van der Waals surface area contributed by atoms with E-state index < -0.39 is 0 Å². The molecule has 0 saturated heterocycles. The summed E-state index contributed by atoms with van der Waals surface area (Å²) in [4.78, 5) is 13.3. The molecule has 1 aliphatic heterocycles. The minimum atomic E-state index is -0.0325. The van der Waals surface area contributed by atoms with Crippen LogP contribution in [0.1, 0.15) is 5.56 Å². The number of halogens is 1. The van der Waals surface area contributed by atoms with Gasteiger partial charge in [-0.3, -0.25) is 4.79 Å². The number of rotatable bonds is 3. The van der Waals surface area contributed by atoms with Crippen molar-refractivity contribution in [1.82, 2.24) is 4.90 Å². The van der Waals surface area contributed by atoms with E-state index in [1.54, 1.807) is 0 Å². The molecule has 82 valence electrons. The lowest BCUT2D eigenvalue weighted by atomic mass is 10.1. The van der Waals surface area contributed by atoms with Crippen molar-refractivity contribution >= 4 is 20.6 Å². The van der Waals surface area contributed by atoms with Crippen molar-refractivity contribution in [3.8, 4) is 0 Å². The summed E-state index contributed by atoms with van der Waals surface area (Å²) in [6.07, 6.45) is 5.76. The number of benzene rings is 1. The second-order valence-electron chi connectivity index (χ2n) is 3.70. The average Bonchev–Trinajstić information content (AvgIpc) is 2.30. The minimum absolute atomic E-state index is 0.0325. The fourth-order valence-corrected chi connectivity index (χ4v) is 1.92. The highest BCUT2D eigenvalue weighted by Crippen LogP contribution is 2.14. The highest BCUT2D eigenvalue weighted by Gasteiger charge is 2.12. The standard InChI is InChI=1S/C13H12BrNO/c14-13(16)12-7-4-8-15(10-12)9-11-5-2-1-3-6-11/h1-8H,9-10H2. The van der Waals surface area contributed by atoms with Crippen LogP contribution in [0.25, 0.3) is 0 Å². The van der Waals surface area contributed by atoms with E-state index in [9.17, 15) is 4.79 Å². The topological polar surface area (TPSA) is 20.3 Å². The summed E-state index contributed by atoms with van der Waals surface area (Å²) in [5.74, 6) is 0. The van der Waals surface area contributed by atoms with Gasteiger partial charge in [-0.05, 0) is 33.8 Å². The van der Waals surface area contributed by atoms with Crippen LogP contribution in [0.15, 0.2) is 54.3 Å². The average molecular weight is 278 g/mol. The Morgan fingerprint density at radius 2 is 2.06 bits per heavy atom. The molecule has 0 radical (unpaired) electrons. The molecule has 0 aliphatic carbocycles. The molecule has 0 saturated carbocycles. The van der Waals surface area contributed by atoms with Gasteiger partial charge in [-0.15, -0.1) is 0 Å². The van der Waals surface area contributed by atoms with Crippen LogP contribution in [0, 0.1) is 0 Å². The van der Waals surface area contributed by atoms with Gasteiger partial charge in [0.2, 0.25) is 4.69 Å². The molecular weight excluding hydrogens is 266 g/mol. The van der Waals surface area contributed by atoms with Crippen molar-refractivity contribution in [2.24, 2.45) is 0 Å². The third kappa shape index (κ3) is 2.83. The first kappa shape index (κ1) is 11.1. The van der Waals surface area contributed by atoms with Crippen LogP contribution >= 0.6 is 15.9 Å². The Kier molecular flexibility index (Phi) is 3.57. The van der Waals surface area contributed by atoms with E-state index in [2.05, 4.69) is 33.0 Å². The molecule has 0 atom stereocenters.